The Labute approximate surface area is 353 Å². The minimum Gasteiger partial charge on any atom is -0.456 e. The summed E-state index contributed by atoms with van der Waals surface area (Å²) in [6.45, 7) is 0. The molecule has 286 valence electrons. The molecule has 0 bridgehead atoms. The van der Waals surface area contributed by atoms with E-state index >= 15 is 0 Å². The van der Waals surface area contributed by atoms with Gasteiger partial charge >= 0.3 is 0 Å². The molecule has 12 aromatic rings. The quantitative estimate of drug-likeness (QED) is 0.161. The molecule has 0 aliphatic carbocycles. The molecule has 0 atom stereocenters. The van der Waals surface area contributed by atoms with Crippen LogP contribution in [0.25, 0.3) is 93.6 Å². The number of para-hydroxylation sites is 6. The summed E-state index contributed by atoms with van der Waals surface area (Å²) in [5.41, 5.74) is 15.4. The zero-order chi connectivity index (χ0) is 40.3. The number of furan rings is 1. The normalized spacial score (nSPS) is 11.6. The van der Waals surface area contributed by atoms with E-state index in [4.69, 9.17) is 4.42 Å². The molecule has 0 spiro atoms. The van der Waals surface area contributed by atoms with Crippen molar-refractivity contribution in [2.24, 2.45) is 0 Å². The Morgan fingerprint density at radius 2 is 0.885 bits per heavy atom. The van der Waals surface area contributed by atoms with Crippen LogP contribution in [0.4, 0.5) is 17.1 Å². The highest BCUT2D eigenvalue weighted by atomic mass is 16.3. The van der Waals surface area contributed by atoms with E-state index in [0.717, 1.165) is 61.4 Å². The van der Waals surface area contributed by atoms with Crippen LogP contribution in [0, 0.1) is 0 Å². The molecule has 0 saturated heterocycles. The molecule has 0 N–H and O–H groups in total. The highest BCUT2D eigenvalue weighted by molar-refractivity contribution is 6.10. The van der Waals surface area contributed by atoms with E-state index in [-0.39, 0.29) is 0 Å². The maximum absolute atomic E-state index is 6.27. The Morgan fingerprint density at radius 1 is 0.328 bits per heavy atom. The van der Waals surface area contributed by atoms with E-state index in [1.165, 1.54) is 49.3 Å². The lowest BCUT2D eigenvalue weighted by molar-refractivity contribution is 0.669. The van der Waals surface area contributed by atoms with Crippen molar-refractivity contribution >= 4 is 71.6 Å². The molecule has 0 aliphatic rings. The van der Waals surface area contributed by atoms with Gasteiger partial charge in [-0.3, -0.25) is 0 Å². The van der Waals surface area contributed by atoms with E-state index in [1.807, 2.05) is 12.1 Å². The third-order valence-electron chi connectivity index (χ3n) is 12.2. The van der Waals surface area contributed by atoms with Crippen molar-refractivity contribution in [2.45, 2.75) is 0 Å². The lowest BCUT2D eigenvalue weighted by Crippen LogP contribution is -2.14. The summed E-state index contributed by atoms with van der Waals surface area (Å²) in [5.74, 6) is 0. The van der Waals surface area contributed by atoms with Crippen LogP contribution in [0.3, 0.4) is 0 Å². The van der Waals surface area contributed by atoms with Crippen LogP contribution in [-0.4, -0.2) is 4.57 Å². The van der Waals surface area contributed by atoms with Crippen LogP contribution in [0.1, 0.15) is 0 Å². The SMILES string of the molecule is c1cc(-c2ccc(N(c3ccccc3-c3ccc4oc5ccccc5c4c3)c3ccccc3-n3c4ccccc4c4ccccc43)cc2)cc(-c2cccc3ccccc23)c1. The largest absolute Gasteiger partial charge is 0.456 e. The zero-order valence-electron chi connectivity index (χ0n) is 33.2. The lowest BCUT2D eigenvalue weighted by Gasteiger charge is -2.30. The molecule has 2 heterocycles. The van der Waals surface area contributed by atoms with Gasteiger partial charge in [0, 0.05) is 32.8 Å². The number of rotatable bonds is 7. The second kappa shape index (κ2) is 14.3. The van der Waals surface area contributed by atoms with Gasteiger partial charge in [0.25, 0.3) is 0 Å². The number of hydrogen-bond donors (Lipinski definition) is 0. The Morgan fingerprint density at radius 3 is 1.70 bits per heavy atom. The molecule has 0 fully saturated rings. The summed E-state index contributed by atoms with van der Waals surface area (Å²) >= 11 is 0. The van der Waals surface area contributed by atoms with Gasteiger partial charge in [0.05, 0.1) is 28.1 Å². The van der Waals surface area contributed by atoms with Crippen molar-refractivity contribution in [3.63, 3.8) is 0 Å². The first-order chi connectivity index (χ1) is 30.3. The second-order valence-electron chi connectivity index (χ2n) is 15.7. The molecule has 12 rings (SSSR count). The van der Waals surface area contributed by atoms with Gasteiger partial charge in [-0.1, -0.05) is 164 Å². The first-order valence-corrected chi connectivity index (χ1v) is 20.8. The van der Waals surface area contributed by atoms with Crippen LogP contribution in [-0.2, 0) is 0 Å². The average Bonchev–Trinajstić information content (AvgIpc) is 3.88. The number of nitrogens with zero attached hydrogens (tertiary/aromatic N) is 2. The second-order valence-corrected chi connectivity index (χ2v) is 15.7. The zero-order valence-corrected chi connectivity index (χ0v) is 33.2. The summed E-state index contributed by atoms with van der Waals surface area (Å²) in [5, 5.41) is 7.19. The van der Waals surface area contributed by atoms with Gasteiger partial charge < -0.3 is 13.9 Å². The molecule has 10 aromatic carbocycles. The van der Waals surface area contributed by atoms with Crippen molar-refractivity contribution in [1.82, 2.24) is 4.57 Å². The highest BCUT2D eigenvalue weighted by Gasteiger charge is 2.23. The fourth-order valence-corrected chi connectivity index (χ4v) is 9.39. The van der Waals surface area contributed by atoms with E-state index in [9.17, 15) is 0 Å². The van der Waals surface area contributed by atoms with Gasteiger partial charge in [-0.15, -0.1) is 0 Å². The van der Waals surface area contributed by atoms with Gasteiger partial charge in [-0.25, -0.2) is 0 Å². The van der Waals surface area contributed by atoms with Crippen molar-refractivity contribution < 1.29 is 4.42 Å². The predicted molar refractivity (Wildman–Crippen MR) is 257 cm³/mol. The molecule has 61 heavy (non-hydrogen) atoms. The molecule has 3 nitrogen and oxygen atoms in total. The molecule has 3 heteroatoms. The summed E-state index contributed by atoms with van der Waals surface area (Å²) in [7, 11) is 0. The standard InChI is InChI=1S/C58H38N2O/c1-2-19-45-40(15-1)16-14-24-46(45)42-18-13-17-41(37-42)39-31-34-44(35-32-39)59(52-25-7-3-20-47(52)43-33-36-58-51(38-43)50-23-6-12-30-57(50)61-58)55-28-10-11-29-56(55)60-53-26-8-4-21-48(53)49-22-5-9-27-54(49)60/h1-38H. The molecule has 0 aliphatic heterocycles. The lowest BCUT2D eigenvalue weighted by atomic mass is 9.95. The Bertz CT molecular complexity index is 3550. The predicted octanol–water partition coefficient (Wildman–Crippen LogP) is 16.3. The third-order valence-corrected chi connectivity index (χ3v) is 12.2. The van der Waals surface area contributed by atoms with Gasteiger partial charge in [0.2, 0.25) is 0 Å². The van der Waals surface area contributed by atoms with E-state index in [1.54, 1.807) is 0 Å². The number of fused-ring (bicyclic) bond motifs is 7. The average molecular weight is 779 g/mol. The number of aromatic nitrogens is 1. The monoisotopic (exact) mass is 778 g/mol. The van der Waals surface area contributed by atoms with Gasteiger partial charge in [-0.2, -0.15) is 0 Å². The minimum atomic E-state index is 0.885. The number of anilines is 3. The molecule has 0 radical (unpaired) electrons. The summed E-state index contributed by atoms with van der Waals surface area (Å²) in [6.07, 6.45) is 0. The van der Waals surface area contributed by atoms with Crippen LogP contribution < -0.4 is 4.90 Å². The maximum Gasteiger partial charge on any atom is 0.135 e. The van der Waals surface area contributed by atoms with Gasteiger partial charge in [0.15, 0.2) is 0 Å². The van der Waals surface area contributed by atoms with Gasteiger partial charge in [-0.05, 0) is 105 Å². The maximum atomic E-state index is 6.27. The van der Waals surface area contributed by atoms with Crippen molar-refractivity contribution in [2.75, 3.05) is 4.90 Å². The van der Waals surface area contributed by atoms with Crippen LogP contribution in [0.2, 0.25) is 0 Å². The molecule has 0 unspecified atom stereocenters. The molecule has 0 saturated carbocycles. The smallest absolute Gasteiger partial charge is 0.135 e. The molecule has 2 aromatic heterocycles. The van der Waals surface area contributed by atoms with Crippen molar-refractivity contribution in [1.29, 1.82) is 0 Å². The van der Waals surface area contributed by atoms with Crippen molar-refractivity contribution in [3.8, 4) is 39.1 Å². The summed E-state index contributed by atoms with van der Waals surface area (Å²) < 4.78 is 8.70. The molecule has 0 amide bonds. The summed E-state index contributed by atoms with van der Waals surface area (Å²) in [4.78, 5) is 2.43. The number of benzene rings is 10. The number of hydrogen-bond acceptors (Lipinski definition) is 2. The molecular formula is C58H38N2O. The topological polar surface area (TPSA) is 21.3 Å². The van der Waals surface area contributed by atoms with E-state index in [2.05, 4.69) is 228 Å². The first-order valence-electron chi connectivity index (χ1n) is 20.8. The van der Waals surface area contributed by atoms with Crippen LogP contribution in [0.15, 0.2) is 235 Å². The first kappa shape index (κ1) is 34.9. The Balaban J connectivity index is 1.05. The Hall–Kier alpha value is -8.14. The fourth-order valence-electron chi connectivity index (χ4n) is 9.39. The minimum absolute atomic E-state index is 0.885. The summed E-state index contributed by atoms with van der Waals surface area (Å²) in [6, 6.07) is 83.1. The Kier molecular flexibility index (Phi) is 8.17. The van der Waals surface area contributed by atoms with Gasteiger partial charge in [0.1, 0.15) is 11.2 Å². The third kappa shape index (κ3) is 5.82. The fraction of sp³-hybridized carbons (Fsp3) is 0. The van der Waals surface area contributed by atoms with Crippen LogP contribution >= 0.6 is 0 Å². The highest BCUT2D eigenvalue weighted by Crippen LogP contribution is 2.46. The van der Waals surface area contributed by atoms with E-state index in [0.29, 0.717) is 0 Å². The van der Waals surface area contributed by atoms with Crippen LogP contribution in [0.5, 0.6) is 0 Å². The van der Waals surface area contributed by atoms with E-state index < -0.39 is 0 Å². The van der Waals surface area contributed by atoms with Crippen molar-refractivity contribution in [3.05, 3.63) is 231 Å². The molecular weight excluding hydrogens is 741 g/mol.